The Kier molecular flexibility index (Phi) is 5.53. The van der Waals surface area contributed by atoms with Crippen LogP contribution in [-0.4, -0.2) is 22.9 Å². The van der Waals surface area contributed by atoms with Crippen LogP contribution in [-0.2, 0) is 0 Å². The van der Waals surface area contributed by atoms with Crippen molar-refractivity contribution in [3.8, 4) is 22.5 Å². The zero-order valence-electron chi connectivity index (χ0n) is 14.3. The summed E-state index contributed by atoms with van der Waals surface area (Å²) in [5.74, 6) is 1.45. The van der Waals surface area contributed by atoms with E-state index in [1.807, 2.05) is 31.2 Å². The first-order valence-electron chi connectivity index (χ1n) is 7.91. The third kappa shape index (κ3) is 4.20. The second kappa shape index (κ2) is 7.84. The van der Waals surface area contributed by atoms with Crippen molar-refractivity contribution in [1.29, 1.82) is 0 Å². The number of halogens is 2. The van der Waals surface area contributed by atoms with Crippen LogP contribution in [0.2, 0.25) is 0 Å². The Bertz CT molecular complexity index is 914. The number of benzene rings is 1. The molecule has 0 bridgehead atoms. The summed E-state index contributed by atoms with van der Waals surface area (Å²) >= 11 is 1.17. The van der Waals surface area contributed by atoms with E-state index < -0.39 is 6.43 Å². The summed E-state index contributed by atoms with van der Waals surface area (Å²) in [5.41, 5.74) is 9.49. The topological polar surface area (TPSA) is 77.0 Å². The van der Waals surface area contributed by atoms with Crippen LogP contribution in [0.1, 0.15) is 11.5 Å². The highest BCUT2D eigenvalue weighted by molar-refractivity contribution is 7.97. The number of alkyl halides is 2. The van der Waals surface area contributed by atoms with Crippen molar-refractivity contribution >= 4 is 17.8 Å². The van der Waals surface area contributed by atoms with E-state index in [0.29, 0.717) is 23.0 Å². The quantitative estimate of drug-likeness (QED) is 0.619. The molecule has 0 amide bonds. The van der Waals surface area contributed by atoms with Crippen LogP contribution in [0.15, 0.2) is 46.0 Å². The van der Waals surface area contributed by atoms with Gasteiger partial charge in [0.1, 0.15) is 5.82 Å². The average Bonchev–Trinajstić information content (AvgIpc) is 3.03. The highest BCUT2D eigenvalue weighted by Crippen LogP contribution is 2.33. The predicted molar refractivity (Wildman–Crippen MR) is 98.9 cm³/mol. The average molecular weight is 376 g/mol. The van der Waals surface area contributed by atoms with E-state index in [2.05, 4.69) is 14.7 Å². The molecule has 0 unspecified atom stereocenters. The minimum absolute atomic E-state index is 0.353. The van der Waals surface area contributed by atoms with Gasteiger partial charge in [0.05, 0.1) is 18.3 Å². The lowest BCUT2D eigenvalue weighted by Crippen LogP contribution is -2.13. The zero-order valence-corrected chi connectivity index (χ0v) is 15.1. The van der Waals surface area contributed by atoms with E-state index in [1.54, 1.807) is 19.3 Å². The molecule has 0 saturated carbocycles. The van der Waals surface area contributed by atoms with Gasteiger partial charge in [0.2, 0.25) is 0 Å². The molecule has 0 spiro atoms. The molecule has 5 nitrogen and oxygen atoms in total. The number of aromatic nitrogens is 2. The lowest BCUT2D eigenvalue weighted by molar-refractivity contribution is 0.154. The summed E-state index contributed by atoms with van der Waals surface area (Å²) in [6, 6.07) is 7.65. The number of rotatable bonds is 6. The molecule has 1 aromatic carbocycles. The monoisotopic (exact) mass is 376 g/mol. The van der Waals surface area contributed by atoms with Crippen molar-refractivity contribution in [2.75, 3.05) is 12.3 Å². The Labute approximate surface area is 154 Å². The van der Waals surface area contributed by atoms with E-state index in [-0.39, 0.29) is 6.54 Å². The number of hydrogen-bond donors (Lipinski definition) is 2. The van der Waals surface area contributed by atoms with E-state index in [9.17, 15) is 8.78 Å². The smallest absolute Gasteiger partial charge is 0.251 e. The number of aryl methyl sites for hydroxylation is 2. The molecule has 0 aliphatic heterocycles. The van der Waals surface area contributed by atoms with E-state index in [0.717, 1.165) is 21.6 Å². The third-order valence-electron chi connectivity index (χ3n) is 3.75. The Hall–Kier alpha value is -2.45. The maximum absolute atomic E-state index is 12.3. The number of nitrogens with two attached hydrogens (primary N) is 1. The van der Waals surface area contributed by atoms with Gasteiger partial charge in [-0.25, -0.2) is 18.7 Å². The van der Waals surface area contributed by atoms with Crippen molar-refractivity contribution < 1.29 is 13.2 Å². The lowest BCUT2D eigenvalue weighted by atomic mass is 10.0. The molecule has 3 rings (SSSR count). The minimum atomic E-state index is -2.39. The van der Waals surface area contributed by atoms with Crippen LogP contribution in [0.25, 0.3) is 22.5 Å². The first-order chi connectivity index (χ1) is 12.4. The Morgan fingerprint density at radius 3 is 2.65 bits per heavy atom. The van der Waals surface area contributed by atoms with Crippen LogP contribution in [0.4, 0.5) is 14.6 Å². The highest BCUT2D eigenvalue weighted by atomic mass is 32.2. The minimum Gasteiger partial charge on any atom is -0.441 e. The summed E-state index contributed by atoms with van der Waals surface area (Å²) in [5, 5.41) is 0. The molecule has 3 N–H and O–H groups in total. The van der Waals surface area contributed by atoms with Crippen molar-refractivity contribution in [3.05, 3.63) is 48.1 Å². The second-order valence-corrected chi connectivity index (χ2v) is 6.68. The molecule has 0 aliphatic carbocycles. The van der Waals surface area contributed by atoms with E-state index in [1.165, 1.54) is 11.9 Å². The zero-order chi connectivity index (χ0) is 18.7. The van der Waals surface area contributed by atoms with Gasteiger partial charge >= 0.3 is 0 Å². The van der Waals surface area contributed by atoms with Crippen LogP contribution < -0.4 is 10.5 Å². The lowest BCUT2D eigenvalue weighted by Gasteiger charge is -2.11. The van der Waals surface area contributed by atoms with Crippen LogP contribution >= 0.6 is 11.9 Å². The molecule has 136 valence electrons. The fourth-order valence-electron chi connectivity index (χ4n) is 2.47. The number of anilines is 1. The molecule has 0 atom stereocenters. The fraction of sp³-hybridized carbons (Fsp3) is 0.222. The standard InChI is InChI=1S/C18H18F2N4OS/c1-10-3-4-13(26-24-9-17(19)20)6-14(10)12-5-15(18(21)23-7-12)16-8-22-11(2)25-16/h3-8,17,24H,9H2,1-2H3,(H2,21,23). The second-order valence-electron chi connectivity index (χ2n) is 5.72. The molecule has 3 aromatic rings. The van der Waals surface area contributed by atoms with E-state index in [4.69, 9.17) is 10.2 Å². The maximum atomic E-state index is 12.3. The fourth-order valence-corrected chi connectivity index (χ4v) is 3.16. The number of pyridine rings is 1. The molecule has 0 saturated heterocycles. The normalized spacial score (nSPS) is 11.3. The van der Waals surface area contributed by atoms with Gasteiger partial charge in [0, 0.05) is 23.6 Å². The molecular formula is C18H18F2N4OS. The Morgan fingerprint density at radius 1 is 1.15 bits per heavy atom. The van der Waals surface area contributed by atoms with Gasteiger partial charge in [-0.3, -0.25) is 4.72 Å². The number of oxazole rings is 1. The van der Waals surface area contributed by atoms with Crippen molar-refractivity contribution in [2.24, 2.45) is 0 Å². The molecule has 2 aromatic heterocycles. The summed E-state index contributed by atoms with van der Waals surface area (Å²) in [6.07, 6.45) is 0.910. The first kappa shape index (κ1) is 18.3. The molecule has 0 fully saturated rings. The van der Waals surface area contributed by atoms with Gasteiger partial charge in [0.25, 0.3) is 6.43 Å². The largest absolute Gasteiger partial charge is 0.441 e. The van der Waals surface area contributed by atoms with Gasteiger partial charge in [-0.1, -0.05) is 6.07 Å². The van der Waals surface area contributed by atoms with Gasteiger partial charge in [-0.05, 0) is 48.2 Å². The van der Waals surface area contributed by atoms with Gasteiger partial charge in [-0.15, -0.1) is 0 Å². The SMILES string of the molecule is Cc1ncc(-c2cc(-c3cc(SNCC(F)F)ccc3C)cnc2N)o1. The number of nitrogens with one attached hydrogen (secondary N) is 1. The summed E-state index contributed by atoms with van der Waals surface area (Å²) < 4.78 is 32.8. The number of hydrogen-bond acceptors (Lipinski definition) is 6. The van der Waals surface area contributed by atoms with Gasteiger partial charge < -0.3 is 10.2 Å². The van der Waals surface area contributed by atoms with Crippen LogP contribution in [0.5, 0.6) is 0 Å². The summed E-state index contributed by atoms with van der Waals surface area (Å²) in [4.78, 5) is 9.19. The van der Waals surface area contributed by atoms with Crippen molar-refractivity contribution in [3.63, 3.8) is 0 Å². The number of nitrogen functional groups attached to an aromatic ring is 1. The molecule has 2 heterocycles. The Balaban J connectivity index is 1.93. The first-order valence-corrected chi connectivity index (χ1v) is 8.73. The molecule has 26 heavy (non-hydrogen) atoms. The van der Waals surface area contributed by atoms with Crippen LogP contribution in [0, 0.1) is 13.8 Å². The highest BCUT2D eigenvalue weighted by Gasteiger charge is 2.13. The maximum Gasteiger partial charge on any atom is 0.251 e. The van der Waals surface area contributed by atoms with Gasteiger partial charge in [-0.2, -0.15) is 0 Å². The molecule has 8 heteroatoms. The molecule has 0 aliphatic rings. The van der Waals surface area contributed by atoms with Gasteiger partial charge in [0.15, 0.2) is 11.7 Å². The molecule has 0 radical (unpaired) electrons. The number of nitrogens with zero attached hydrogens (tertiary/aromatic N) is 2. The van der Waals surface area contributed by atoms with Crippen LogP contribution in [0.3, 0.4) is 0 Å². The summed E-state index contributed by atoms with van der Waals surface area (Å²) in [6.45, 7) is 3.37. The third-order valence-corrected chi connectivity index (χ3v) is 4.55. The Morgan fingerprint density at radius 2 is 1.96 bits per heavy atom. The van der Waals surface area contributed by atoms with E-state index >= 15 is 0 Å². The predicted octanol–water partition coefficient (Wildman–Crippen LogP) is 4.46. The molecular weight excluding hydrogens is 358 g/mol. The summed E-state index contributed by atoms with van der Waals surface area (Å²) in [7, 11) is 0. The van der Waals surface area contributed by atoms with Crippen molar-refractivity contribution in [2.45, 2.75) is 25.2 Å². The van der Waals surface area contributed by atoms with Crippen molar-refractivity contribution in [1.82, 2.24) is 14.7 Å².